The molecule has 0 saturated carbocycles. The second kappa shape index (κ2) is 9.21. The van der Waals surface area contributed by atoms with Crippen LogP contribution in [0.3, 0.4) is 0 Å². The fourth-order valence-electron chi connectivity index (χ4n) is 1.12. The molecule has 0 rings (SSSR count). The predicted octanol–water partition coefficient (Wildman–Crippen LogP) is 0.803. The monoisotopic (exact) mass is 229 g/mol. The lowest BCUT2D eigenvalue weighted by Gasteiger charge is -2.13. The van der Waals surface area contributed by atoms with E-state index in [1.807, 2.05) is 0 Å². The zero-order chi connectivity index (χ0) is 12.4. The standard InChI is InChI=1S/C10H18BO5/c1-4-14-9(12)8(6-7-16-11-3)10(13)15-5-2/h8H,4-7H2,1-3H3. The topological polar surface area (TPSA) is 61.8 Å². The predicted molar refractivity (Wildman–Crippen MR) is 58.9 cm³/mol. The van der Waals surface area contributed by atoms with Crippen LogP contribution in [0.25, 0.3) is 0 Å². The van der Waals surface area contributed by atoms with Crippen LogP contribution in [-0.4, -0.2) is 39.2 Å². The number of esters is 2. The summed E-state index contributed by atoms with van der Waals surface area (Å²) in [4.78, 5) is 22.9. The van der Waals surface area contributed by atoms with Crippen LogP contribution in [0.2, 0.25) is 6.82 Å². The van der Waals surface area contributed by atoms with E-state index in [0.717, 1.165) is 0 Å². The van der Waals surface area contributed by atoms with Gasteiger partial charge in [-0.2, -0.15) is 0 Å². The molecule has 0 aliphatic heterocycles. The Bertz CT molecular complexity index is 201. The van der Waals surface area contributed by atoms with Gasteiger partial charge < -0.3 is 14.1 Å². The van der Waals surface area contributed by atoms with Gasteiger partial charge in [-0.1, -0.05) is 6.82 Å². The Balaban J connectivity index is 4.25. The Hall–Kier alpha value is -1.04. The summed E-state index contributed by atoms with van der Waals surface area (Å²) in [6, 6.07) is 0. The Morgan fingerprint density at radius 2 is 1.62 bits per heavy atom. The lowest BCUT2D eigenvalue weighted by Crippen LogP contribution is -2.29. The van der Waals surface area contributed by atoms with Crippen molar-refractivity contribution in [1.29, 1.82) is 0 Å². The van der Waals surface area contributed by atoms with Crippen LogP contribution in [0.1, 0.15) is 20.3 Å². The molecule has 0 unspecified atom stereocenters. The van der Waals surface area contributed by atoms with Gasteiger partial charge in [0.2, 0.25) is 0 Å². The molecule has 0 spiro atoms. The number of ether oxygens (including phenoxy) is 2. The number of carbonyl (C=O) groups is 2. The van der Waals surface area contributed by atoms with Crippen molar-refractivity contribution in [2.45, 2.75) is 27.1 Å². The highest BCUT2D eigenvalue weighted by Crippen LogP contribution is 2.09. The molecule has 91 valence electrons. The first-order valence-electron chi connectivity index (χ1n) is 5.40. The maximum atomic E-state index is 11.5. The molecule has 0 aromatic heterocycles. The van der Waals surface area contributed by atoms with Crippen LogP contribution in [-0.2, 0) is 23.7 Å². The van der Waals surface area contributed by atoms with Gasteiger partial charge in [-0.25, -0.2) is 0 Å². The van der Waals surface area contributed by atoms with E-state index in [1.54, 1.807) is 20.7 Å². The molecule has 16 heavy (non-hydrogen) atoms. The molecule has 0 aliphatic rings. The molecule has 6 heteroatoms. The first-order valence-corrected chi connectivity index (χ1v) is 5.40. The van der Waals surface area contributed by atoms with Gasteiger partial charge >= 0.3 is 11.9 Å². The SMILES string of the molecule is C[B]OCCC(C(=O)OCC)C(=O)OCC. The Morgan fingerprint density at radius 1 is 1.12 bits per heavy atom. The summed E-state index contributed by atoms with van der Waals surface area (Å²) in [5.74, 6) is -2.00. The quantitative estimate of drug-likeness (QED) is 0.266. The van der Waals surface area contributed by atoms with E-state index in [4.69, 9.17) is 14.1 Å². The van der Waals surface area contributed by atoms with E-state index in [2.05, 4.69) is 0 Å². The molecule has 0 aromatic rings. The third kappa shape index (κ3) is 5.75. The summed E-state index contributed by atoms with van der Waals surface area (Å²) in [6.07, 6.45) is 0.266. The van der Waals surface area contributed by atoms with E-state index < -0.39 is 17.9 Å². The summed E-state index contributed by atoms with van der Waals surface area (Å²) in [7, 11) is 1.51. The van der Waals surface area contributed by atoms with Crippen LogP contribution in [0.5, 0.6) is 0 Å². The molecule has 0 N–H and O–H groups in total. The van der Waals surface area contributed by atoms with Crippen molar-refractivity contribution < 1.29 is 23.7 Å². The van der Waals surface area contributed by atoms with Crippen molar-refractivity contribution in [3.8, 4) is 0 Å². The van der Waals surface area contributed by atoms with Crippen LogP contribution in [0, 0.1) is 5.92 Å². The van der Waals surface area contributed by atoms with Crippen LogP contribution in [0.15, 0.2) is 0 Å². The normalized spacial score (nSPS) is 10.0. The maximum Gasteiger partial charge on any atom is 0.320 e. The Kier molecular flexibility index (Phi) is 8.61. The van der Waals surface area contributed by atoms with Gasteiger partial charge in [-0.15, -0.1) is 0 Å². The number of carbonyl (C=O) groups excluding carboxylic acids is 2. The minimum Gasteiger partial charge on any atom is -0.465 e. The van der Waals surface area contributed by atoms with Gasteiger partial charge in [0, 0.05) is 6.61 Å². The zero-order valence-corrected chi connectivity index (χ0v) is 10.0. The molecule has 1 radical (unpaired) electrons. The molecule has 0 saturated heterocycles. The van der Waals surface area contributed by atoms with Crippen molar-refractivity contribution in [3.63, 3.8) is 0 Å². The van der Waals surface area contributed by atoms with Crippen molar-refractivity contribution in [1.82, 2.24) is 0 Å². The van der Waals surface area contributed by atoms with Gasteiger partial charge in [0.05, 0.1) is 13.2 Å². The highest BCUT2D eigenvalue weighted by atomic mass is 16.6. The average molecular weight is 229 g/mol. The average Bonchev–Trinajstić information content (AvgIpc) is 2.25. The summed E-state index contributed by atoms with van der Waals surface area (Å²) < 4.78 is 14.6. The van der Waals surface area contributed by atoms with E-state index in [0.29, 0.717) is 6.61 Å². The Labute approximate surface area is 96.7 Å². The lowest BCUT2D eigenvalue weighted by molar-refractivity contribution is -0.162. The second-order valence-electron chi connectivity index (χ2n) is 2.95. The van der Waals surface area contributed by atoms with Gasteiger partial charge in [0.25, 0.3) is 7.48 Å². The minimum absolute atomic E-state index is 0.246. The van der Waals surface area contributed by atoms with E-state index >= 15 is 0 Å². The lowest BCUT2D eigenvalue weighted by atomic mass is 10.0. The molecule has 0 atom stereocenters. The molecule has 0 aliphatic carbocycles. The van der Waals surface area contributed by atoms with Crippen molar-refractivity contribution >= 4 is 19.4 Å². The Morgan fingerprint density at radius 3 is 2.00 bits per heavy atom. The largest absolute Gasteiger partial charge is 0.465 e. The fraction of sp³-hybridized carbons (Fsp3) is 0.800. The number of rotatable bonds is 8. The summed E-state index contributed by atoms with van der Waals surface area (Å²) in [6.45, 7) is 5.89. The first-order chi connectivity index (χ1) is 7.67. The molecule has 0 amide bonds. The first kappa shape index (κ1) is 15.0. The maximum absolute atomic E-state index is 11.5. The van der Waals surface area contributed by atoms with Crippen molar-refractivity contribution in [2.75, 3.05) is 19.8 Å². The molecular weight excluding hydrogens is 211 g/mol. The zero-order valence-electron chi connectivity index (χ0n) is 10.0. The molecule has 0 fully saturated rings. The smallest absolute Gasteiger partial charge is 0.320 e. The molecule has 0 heterocycles. The minimum atomic E-state index is -0.889. The van der Waals surface area contributed by atoms with Crippen LogP contribution < -0.4 is 0 Å². The highest BCUT2D eigenvalue weighted by molar-refractivity contribution is 6.24. The van der Waals surface area contributed by atoms with Crippen LogP contribution in [0.4, 0.5) is 0 Å². The van der Waals surface area contributed by atoms with E-state index in [-0.39, 0.29) is 19.6 Å². The summed E-state index contributed by atoms with van der Waals surface area (Å²) in [5, 5.41) is 0. The fourth-order valence-corrected chi connectivity index (χ4v) is 1.12. The molecule has 0 aromatic carbocycles. The van der Waals surface area contributed by atoms with Gasteiger partial charge in [0.15, 0.2) is 5.92 Å². The molecular formula is C10H18BO5. The third-order valence-electron chi connectivity index (χ3n) is 1.83. The number of hydrogen-bond acceptors (Lipinski definition) is 5. The van der Waals surface area contributed by atoms with Crippen molar-refractivity contribution in [2.24, 2.45) is 5.92 Å². The number of hydrogen-bond donors (Lipinski definition) is 0. The van der Waals surface area contributed by atoms with Crippen LogP contribution >= 0.6 is 0 Å². The van der Waals surface area contributed by atoms with Gasteiger partial charge in [-0.3, -0.25) is 9.59 Å². The summed E-state index contributed by atoms with van der Waals surface area (Å²) >= 11 is 0. The van der Waals surface area contributed by atoms with E-state index in [1.165, 1.54) is 7.48 Å². The van der Waals surface area contributed by atoms with Gasteiger partial charge in [0.1, 0.15) is 0 Å². The third-order valence-corrected chi connectivity index (χ3v) is 1.83. The second-order valence-corrected chi connectivity index (χ2v) is 2.95. The van der Waals surface area contributed by atoms with Gasteiger partial charge in [-0.05, 0) is 20.3 Å². The highest BCUT2D eigenvalue weighted by Gasteiger charge is 2.28. The summed E-state index contributed by atoms with van der Waals surface area (Å²) in [5.41, 5.74) is 0. The van der Waals surface area contributed by atoms with Crippen molar-refractivity contribution in [3.05, 3.63) is 0 Å². The molecule has 5 nitrogen and oxygen atoms in total. The van der Waals surface area contributed by atoms with E-state index in [9.17, 15) is 9.59 Å². The molecule has 0 bridgehead atoms.